The molecule has 0 unspecified atom stereocenters. The number of aromatic carboxylic acids is 1. The number of carboxylic acids is 1. The van der Waals surface area contributed by atoms with Crippen LogP contribution in [0.15, 0.2) is 48.5 Å². The van der Waals surface area contributed by atoms with Crippen molar-refractivity contribution >= 4 is 63.4 Å². The summed E-state index contributed by atoms with van der Waals surface area (Å²) in [5.41, 5.74) is 1.56. The maximum Gasteiger partial charge on any atom is 0.338 e. The molecule has 0 aliphatic heterocycles. The molecule has 1 fully saturated rings. The average Bonchev–Trinajstić information content (AvgIpc) is 2.86. The highest BCUT2D eigenvalue weighted by atomic mass is 79.9. The van der Waals surface area contributed by atoms with E-state index in [4.69, 9.17) is 27.2 Å². The summed E-state index contributed by atoms with van der Waals surface area (Å²) in [5.74, 6) is -0.580. The molecule has 6 nitrogen and oxygen atoms in total. The number of benzene rings is 2. The highest BCUT2D eigenvalue weighted by Crippen LogP contribution is 2.44. The minimum atomic E-state index is -0.952. The van der Waals surface area contributed by atoms with Crippen LogP contribution >= 0.6 is 27.5 Å². The van der Waals surface area contributed by atoms with Gasteiger partial charge in [0, 0.05) is 35.1 Å². The van der Waals surface area contributed by atoms with Crippen molar-refractivity contribution in [2.45, 2.75) is 37.5 Å². The molecule has 1 saturated carbocycles. The number of nitrogens with zero attached hydrogens (tertiary/aromatic N) is 2. The first-order chi connectivity index (χ1) is 16.9. The predicted molar refractivity (Wildman–Crippen MR) is 148 cm³/mol. The van der Waals surface area contributed by atoms with E-state index in [1.165, 1.54) is 7.11 Å². The number of carboxylic acid groups (broad SMARTS) is 1. The van der Waals surface area contributed by atoms with Gasteiger partial charge in [-0.2, -0.15) is 10.5 Å². The molecule has 7 radical (unpaired) electrons. The van der Waals surface area contributed by atoms with E-state index in [9.17, 15) is 9.59 Å². The molecule has 0 amide bonds. The normalized spacial score (nSPS) is 11.8. The summed E-state index contributed by atoms with van der Waals surface area (Å²) in [6, 6.07) is 18.0. The Morgan fingerprint density at radius 2 is 1.67 bits per heavy atom. The largest absolute Gasteiger partial charge is 0.478 e. The monoisotopic (exact) mass is 565 g/mol. The summed E-state index contributed by atoms with van der Waals surface area (Å²) in [4.78, 5) is 22.2. The molecule has 0 bridgehead atoms. The first-order valence-electron chi connectivity index (χ1n) is 10.6. The van der Waals surface area contributed by atoms with Gasteiger partial charge in [0.2, 0.25) is 0 Å². The zero-order chi connectivity index (χ0) is 26.7. The Balaban J connectivity index is 0. The number of rotatable bonds is 6. The number of methoxy groups -OCH3 is 1. The number of carbonyl (C=O) groups is 2. The number of ether oxygens (including phenoxy) is 1. The first kappa shape index (κ1) is 35.5. The molecule has 3 rings (SSSR count). The molecule has 0 atom stereocenters. The molecule has 1 aliphatic rings. The summed E-state index contributed by atoms with van der Waals surface area (Å²) in [6.45, 7) is 0. The number of halogens is 2. The number of esters is 1. The molecule has 0 aromatic heterocycles. The molecule has 36 heavy (non-hydrogen) atoms. The zero-order valence-corrected chi connectivity index (χ0v) is 22.5. The molecule has 183 valence electrons. The van der Waals surface area contributed by atoms with Crippen LogP contribution in [0.2, 0.25) is 0 Å². The maximum absolute atomic E-state index is 11.2. The van der Waals surface area contributed by atoms with Crippen LogP contribution in [-0.2, 0) is 16.6 Å². The average molecular weight is 566 g/mol. The molecule has 1 aliphatic carbocycles. The summed E-state index contributed by atoms with van der Waals surface area (Å²) in [5, 5.41) is 27.7. The molecule has 2 aromatic carbocycles. The van der Waals surface area contributed by atoms with Crippen LogP contribution in [0.1, 0.15) is 57.5 Å². The number of alkyl halides is 2. The smallest absolute Gasteiger partial charge is 0.338 e. The summed E-state index contributed by atoms with van der Waals surface area (Å²) < 4.78 is 4.57. The van der Waals surface area contributed by atoms with Gasteiger partial charge in [-0.1, -0.05) is 52.3 Å². The van der Waals surface area contributed by atoms with Gasteiger partial charge in [-0.05, 0) is 48.9 Å². The molecule has 1 N–H and O–H groups in total. The van der Waals surface area contributed by atoms with Gasteiger partial charge >= 0.3 is 11.9 Å². The third-order valence-electron chi connectivity index (χ3n) is 5.05. The third-order valence-corrected chi connectivity index (χ3v) is 5.88. The lowest BCUT2D eigenvalue weighted by molar-refractivity contribution is 0.0598. The van der Waals surface area contributed by atoms with Gasteiger partial charge in [0.25, 0.3) is 0 Å². The summed E-state index contributed by atoms with van der Waals surface area (Å²) in [7, 11) is 9.32. The van der Waals surface area contributed by atoms with Crippen molar-refractivity contribution in [1.29, 1.82) is 10.5 Å². The van der Waals surface area contributed by atoms with E-state index in [1.807, 2.05) is 6.07 Å². The highest BCUT2D eigenvalue weighted by Gasteiger charge is 2.41. The molecule has 0 saturated heterocycles. The standard InChI is InChI=1S/C12H11NO2.C10H9NO2.C3H6BrCl.B2.B/c13-8-12(6-3-7-12)10-5-2-1-4-9(10)11(14)15;1-13-10(12)9-5-3-2-4-8(9)6-7-11;4-2-1-3-5;1-2;/h1-2,4-5H,3,6-7H2,(H,14,15);2-5H,6H2,1H3;1-3H2;;. The molecule has 11 heteroatoms. The summed E-state index contributed by atoms with van der Waals surface area (Å²) >= 11 is 8.50. The third kappa shape index (κ3) is 10.9. The van der Waals surface area contributed by atoms with Gasteiger partial charge in [0.15, 0.2) is 0 Å². The quantitative estimate of drug-likeness (QED) is 0.308. The van der Waals surface area contributed by atoms with Crippen LogP contribution in [0.5, 0.6) is 0 Å². The second-order valence-electron chi connectivity index (χ2n) is 7.11. The second-order valence-corrected chi connectivity index (χ2v) is 8.28. The number of hydrogen-bond donors (Lipinski definition) is 1. The van der Waals surface area contributed by atoms with Crippen LogP contribution in [0, 0.1) is 22.7 Å². The van der Waals surface area contributed by atoms with Gasteiger partial charge in [0.1, 0.15) is 0 Å². The Hall–Kier alpha value is -2.68. The van der Waals surface area contributed by atoms with E-state index in [-0.39, 0.29) is 20.4 Å². The Morgan fingerprint density at radius 3 is 2.06 bits per heavy atom. The minimum Gasteiger partial charge on any atom is -0.478 e. The lowest BCUT2D eigenvalue weighted by Crippen LogP contribution is -2.34. The fourth-order valence-corrected chi connectivity index (χ4v) is 3.91. The van der Waals surface area contributed by atoms with Crippen molar-refractivity contribution in [3.8, 4) is 12.1 Å². The van der Waals surface area contributed by atoms with Crippen molar-refractivity contribution in [3.63, 3.8) is 0 Å². The van der Waals surface area contributed by atoms with Crippen molar-refractivity contribution in [2.24, 2.45) is 0 Å². The van der Waals surface area contributed by atoms with Gasteiger partial charge in [-0.3, -0.25) is 0 Å². The van der Waals surface area contributed by atoms with Crippen LogP contribution in [0.4, 0.5) is 0 Å². The van der Waals surface area contributed by atoms with E-state index in [0.717, 1.165) is 36.9 Å². The molecular formula is C25H26B3BrClN2O4. The molecule has 0 heterocycles. The molecule has 0 spiro atoms. The van der Waals surface area contributed by atoms with Crippen LogP contribution < -0.4 is 0 Å². The Morgan fingerprint density at radius 1 is 1.11 bits per heavy atom. The Bertz CT molecular complexity index is 1020. The van der Waals surface area contributed by atoms with Gasteiger partial charge in [0.05, 0.1) is 42.2 Å². The minimum absolute atomic E-state index is 0. The SMILES string of the molecule is COC(=O)c1ccccc1CC#N.ClCCCBr.N#CC1(c2ccccc2C(=O)O)CCC1.[B].[B][B]. The van der Waals surface area contributed by atoms with E-state index in [0.29, 0.717) is 16.7 Å². The van der Waals surface area contributed by atoms with E-state index in [2.05, 4.69) is 42.2 Å². The second kappa shape index (κ2) is 20.5. The van der Waals surface area contributed by atoms with Crippen LogP contribution in [-0.4, -0.2) is 59.3 Å². The number of nitriles is 2. The predicted octanol–water partition coefficient (Wildman–Crippen LogP) is 4.74. The Kier molecular flexibility index (Phi) is 20.2. The van der Waals surface area contributed by atoms with Gasteiger partial charge < -0.3 is 9.84 Å². The van der Waals surface area contributed by atoms with Crippen LogP contribution in [0.3, 0.4) is 0 Å². The lowest BCUT2D eigenvalue weighted by atomic mass is 9.64. The fraction of sp³-hybridized carbons (Fsp3) is 0.360. The van der Waals surface area contributed by atoms with E-state index in [1.54, 1.807) is 48.5 Å². The van der Waals surface area contributed by atoms with Crippen molar-refractivity contribution in [3.05, 3.63) is 70.8 Å². The number of hydrogen-bond acceptors (Lipinski definition) is 5. The fourth-order valence-electron chi connectivity index (χ4n) is 3.18. The molecule has 2 aromatic rings. The first-order valence-corrected chi connectivity index (χ1v) is 12.3. The summed E-state index contributed by atoms with van der Waals surface area (Å²) in [6.07, 6.45) is 3.84. The molecular weight excluding hydrogens is 540 g/mol. The Labute approximate surface area is 231 Å². The van der Waals surface area contributed by atoms with E-state index < -0.39 is 17.4 Å². The van der Waals surface area contributed by atoms with Crippen molar-refractivity contribution < 1.29 is 19.4 Å². The van der Waals surface area contributed by atoms with Crippen molar-refractivity contribution in [2.75, 3.05) is 18.3 Å². The highest BCUT2D eigenvalue weighted by molar-refractivity contribution is 9.09. The lowest BCUT2D eigenvalue weighted by Gasteiger charge is -2.36. The van der Waals surface area contributed by atoms with Crippen LogP contribution in [0.25, 0.3) is 0 Å². The van der Waals surface area contributed by atoms with Gasteiger partial charge in [-0.15, -0.1) is 11.6 Å². The zero-order valence-electron chi connectivity index (χ0n) is 20.1. The van der Waals surface area contributed by atoms with Gasteiger partial charge in [-0.25, -0.2) is 9.59 Å². The topological polar surface area (TPSA) is 111 Å². The number of carbonyl (C=O) groups excluding carboxylic acids is 1. The van der Waals surface area contributed by atoms with E-state index >= 15 is 0 Å². The van der Waals surface area contributed by atoms with Crippen molar-refractivity contribution in [1.82, 2.24) is 0 Å². The maximum atomic E-state index is 11.2.